The molecule has 1 heterocycles. The van der Waals surface area contributed by atoms with Crippen LogP contribution in [0.5, 0.6) is 0 Å². The number of hydrogen-bond acceptors (Lipinski definition) is 3. The van der Waals surface area contributed by atoms with E-state index < -0.39 is 5.97 Å². The van der Waals surface area contributed by atoms with E-state index in [-0.39, 0.29) is 11.8 Å². The maximum atomic E-state index is 10.8. The lowest BCUT2D eigenvalue weighted by molar-refractivity contribution is -0.139. The molecule has 1 saturated heterocycles. The van der Waals surface area contributed by atoms with E-state index in [1.54, 1.807) is 12.1 Å². The molecule has 1 fully saturated rings. The van der Waals surface area contributed by atoms with Crippen molar-refractivity contribution < 1.29 is 9.90 Å². The van der Waals surface area contributed by atoms with Gasteiger partial charge in [0.1, 0.15) is 0 Å². The second kappa shape index (κ2) is 4.69. The zero-order valence-electron chi connectivity index (χ0n) is 10.4. The van der Waals surface area contributed by atoms with Crippen LogP contribution >= 0.6 is 0 Å². The van der Waals surface area contributed by atoms with Crippen molar-refractivity contribution in [3.05, 3.63) is 29.8 Å². The van der Waals surface area contributed by atoms with Gasteiger partial charge in [0, 0.05) is 18.8 Å². The lowest BCUT2D eigenvalue weighted by Crippen LogP contribution is -2.26. The van der Waals surface area contributed by atoms with Crippen LogP contribution in [0, 0.1) is 16.7 Å². The van der Waals surface area contributed by atoms with Gasteiger partial charge >= 0.3 is 5.97 Å². The number of carboxylic acid groups (broad SMARTS) is 1. The number of hydrogen-bond donors (Lipinski definition) is 1. The second-order valence-electron chi connectivity index (χ2n) is 5.21. The van der Waals surface area contributed by atoms with Crippen molar-refractivity contribution in [2.45, 2.75) is 19.8 Å². The third-order valence-electron chi connectivity index (χ3n) is 3.50. The molecule has 1 aliphatic rings. The summed E-state index contributed by atoms with van der Waals surface area (Å²) in [4.78, 5) is 13.0. The Morgan fingerprint density at radius 2 is 2.17 bits per heavy atom. The standard InChI is InChI=1S/C14H16N2O2/c1-14(8-13(17)18)6-7-16(10-14)12-4-2-11(9-15)3-5-12/h2-5H,6-8,10H2,1H3,(H,17,18). The molecule has 94 valence electrons. The second-order valence-corrected chi connectivity index (χ2v) is 5.21. The van der Waals surface area contributed by atoms with E-state index in [9.17, 15) is 4.79 Å². The minimum atomic E-state index is -0.737. The van der Waals surface area contributed by atoms with Gasteiger partial charge < -0.3 is 10.0 Å². The van der Waals surface area contributed by atoms with Gasteiger partial charge in [-0.3, -0.25) is 4.79 Å². The summed E-state index contributed by atoms with van der Waals surface area (Å²) >= 11 is 0. The molecule has 1 aromatic carbocycles. The van der Waals surface area contributed by atoms with Crippen molar-refractivity contribution in [3.63, 3.8) is 0 Å². The number of nitriles is 1. The predicted octanol–water partition coefficient (Wildman–Crippen LogP) is 2.25. The molecule has 1 aliphatic heterocycles. The van der Waals surface area contributed by atoms with Crippen LogP contribution in [0.2, 0.25) is 0 Å². The van der Waals surface area contributed by atoms with Crippen molar-refractivity contribution in [2.75, 3.05) is 18.0 Å². The highest BCUT2D eigenvalue weighted by Gasteiger charge is 2.35. The molecule has 1 unspecified atom stereocenters. The van der Waals surface area contributed by atoms with Gasteiger partial charge in [-0.1, -0.05) is 6.92 Å². The molecule has 1 aromatic rings. The maximum absolute atomic E-state index is 10.8. The molecule has 18 heavy (non-hydrogen) atoms. The van der Waals surface area contributed by atoms with Crippen LogP contribution < -0.4 is 4.90 Å². The molecule has 0 amide bonds. The SMILES string of the molecule is CC1(CC(=O)O)CCN(c2ccc(C#N)cc2)C1. The van der Waals surface area contributed by atoms with E-state index in [0.29, 0.717) is 5.56 Å². The van der Waals surface area contributed by atoms with E-state index in [1.807, 2.05) is 19.1 Å². The molecule has 1 N–H and O–H groups in total. The van der Waals surface area contributed by atoms with Crippen LogP contribution in [0.3, 0.4) is 0 Å². The van der Waals surface area contributed by atoms with Gasteiger partial charge in [0.2, 0.25) is 0 Å². The predicted molar refractivity (Wildman–Crippen MR) is 68.3 cm³/mol. The summed E-state index contributed by atoms with van der Waals surface area (Å²) < 4.78 is 0. The average molecular weight is 244 g/mol. The van der Waals surface area contributed by atoms with Gasteiger partial charge in [0.15, 0.2) is 0 Å². The summed E-state index contributed by atoms with van der Waals surface area (Å²) in [5, 5.41) is 17.7. The van der Waals surface area contributed by atoms with Crippen LogP contribution in [-0.4, -0.2) is 24.2 Å². The van der Waals surface area contributed by atoms with E-state index in [4.69, 9.17) is 10.4 Å². The molecule has 0 saturated carbocycles. The minimum absolute atomic E-state index is 0.153. The van der Waals surface area contributed by atoms with E-state index in [1.165, 1.54) is 0 Å². The Hall–Kier alpha value is -2.02. The normalized spacial score (nSPS) is 22.8. The van der Waals surface area contributed by atoms with E-state index in [2.05, 4.69) is 11.0 Å². The smallest absolute Gasteiger partial charge is 0.303 e. The van der Waals surface area contributed by atoms with Crippen molar-refractivity contribution in [1.82, 2.24) is 0 Å². The number of anilines is 1. The fourth-order valence-electron chi connectivity index (χ4n) is 2.50. The summed E-state index contributed by atoms with van der Waals surface area (Å²) in [7, 11) is 0. The molecular weight excluding hydrogens is 228 g/mol. The van der Waals surface area contributed by atoms with Gasteiger partial charge in [-0.25, -0.2) is 0 Å². The molecular formula is C14H16N2O2. The zero-order valence-corrected chi connectivity index (χ0v) is 10.4. The van der Waals surface area contributed by atoms with Gasteiger partial charge in [-0.15, -0.1) is 0 Å². The first kappa shape index (κ1) is 12.4. The lowest BCUT2D eigenvalue weighted by Gasteiger charge is -2.23. The average Bonchev–Trinajstić information content (AvgIpc) is 2.70. The van der Waals surface area contributed by atoms with Gasteiger partial charge in [-0.05, 0) is 36.1 Å². The first-order chi connectivity index (χ1) is 8.52. The third kappa shape index (κ3) is 2.62. The third-order valence-corrected chi connectivity index (χ3v) is 3.50. The molecule has 0 radical (unpaired) electrons. The van der Waals surface area contributed by atoms with Crippen molar-refractivity contribution in [1.29, 1.82) is 5.26 Å². The van der Waals surface area contributed by atoms with Crippen molar-refractivity contribution >= 4 is 11.7 Å². The number of carbonyl (C=O) groups is 1. The van der Waals surface area contributed by atoms with Crippen LogP contribution in [0.15, 0.2) is 24.3 Å². The Labute approximate surface area is 106 Å². The Bertz CT molecular complexity index is 490. The highest BCUT2D eigenvalue weighted by molar-refractivity contribution is 5.68. The van der Waals surface area contributed by atoms with Crippen LogP contribution in [-0.2, 0) is 4.79 Å². The number of benzene rings is 1. The summed E-state index contributed by atoms with van der Waals surface area (Å²) in [6.07, 6.45) is 1.10. The van der Waals surface area contributed by atoms with E-state index >= 15 is 0 Å². The molecule has 0 aromatic heterocycles. The zero-order chi connectivity index (χ0) is 13.2. The lowest BCUT2D eigenvalue weighted by atomic mass is 9.86. The summed E-state index contributed by atoms with van der Waals surface area (Å²) in [6, 6.07) is 9.52. The number of aliphatic carboxylic acids is 1. The van der Waals surface area contributed by atoms with Crippen LogP contribution in [0.1, 0.15) is 25.3 Å². The molecule has 4 nitrogen and oxygen atoms in total. The minimum Gasteiger partial charge on any atom is -0.481 e. The molecule has 1 atom stereocenters. The van der Waals surface area contributed by atoms with Crippen LogP contribution in [0.25, 0.3) is 0 Å². The van der Waals surface area contributed by atoms with Gasteiger partial charge in [0.25, 0.3) is 0 Å². The molecule has 2 rings (SSSR count). The van der Waals surface area contributed by atoms with Crippen molar-refractivity contribution in [3.8, 4) is 6.07 Å². The maximum Gasteiger partial charge on any atom is 0.303 e. The summed E-state index contributed by atoms with van der Waals surface area (Å²) in [6.45, 7) is 3.64. The monoisotopic (exact) mass is 244 g/mol. The first-order valence-corrected chi connectivity index (χ1v) is 5.99. The summed E-state index contributed by atoms with van der Waals surface area (Å²) in [5.41, 5.74) is 1.55. The molecule has 0 aliphatic carbocycles. The first-order valence-electron chi connectivity index (χ1n) is 5.99. The number of nitrogens with zero attached hydrogens (tertiary/aromatic N) is 2. The van der Waals surface area contributed by atoms with Crippen molar-refractivity contribution in [2.24, 2.45) is 5.41 Å². The van der Waals surface area contributed by atoms with E-state index in [0.717, 1.165) is 25.2 Å². The fourth-order valence-corrected chi connectivity index (χ4v) is 2.50. The Morgan fingerprint density at radius 3 is 2.72 bits per heavy atom. The molecule has 0 bridgehead atoms. The topological polar surface area (TPSA) is 64.3 Å². The summed E-state index contributed by atoms with van der Waals surface area (Å²) in [5.74, 6) is -0.737. The Kier molecular flexibility index (Phi) is 3.24. The highest BCUT2D eigenvalue weighted by atomic mass is 16.4. The van der Waals surface area contributed by atoms with Gasteiger partial charge in [-0.2, -0.15) is 5.26 Å². The molecule has 4 heteroatoms. The van der Waals surface area contributed by atoms with Gasteiger partial charge in [0.05, 0.1) is 18.1 Å². The largest absolute Gasteiger partial charge is 0.481 e. The van der Waals surface area contributed by atoms with Crippen LogP contribution in [0.4, 0.5) is 5.69 Å². The number of carboxylic acids is 1. The highest BCUT2D eigenvalue weighted by Crippen LogP contribution is 2.35. The Balaban J connectivity index is 2.08. The number of rotatable bonds is 3. The fraction of sp³-hybridized carbons (Fsp3) is 0.429. The molecule has 0 spiro atoms. The Morgan fingerprint density at radius 1 is 1.50 bits per heavy atom. The quantitative estimate of drug-likeness (QED) is 0.885.